The van der Waals surface area contributed by atoms with Crippen LogP contribution in [0.1, 0.15) is 104 Å². The Balaban J connectivity index is 1.31. The SMILES string of the molecule is CCCCCCCCCCCCOC[C@@]12O[C@@H](CN3CCCCC3)[C@@H](OC(=O)Nc3ccccc3)[C@@H]1OC(C)(C)O2. The van der Waals surface area contributed by atoms with Crippen molar-refractivity contribution in [1.82, 2.24) is 4.90 Å². The fourth-order valence-corrected chi connectivity index (χ4v) is 6.34. The van der Waals surface area contributed by atoms with Crippen molar-refractivity contribution in [3.05, 3.63) is 30.3 Å². The van der Waals surface area contributed by atoms with E-state index in [1.807, 2.05) is 44.2 Å². The molecule has 232 valence electrons. The molecule has 3 aliphatic rings. The zero-order chi connectivity index (χ0) is 29.0. The van der Waals surface area contributed by atoms with E-state index in [9.17, 15) is 4.79 Å². The van der Waals surface area contributed by atoms with E-state index in [0.717, 1.165) is 25.9 Å². The number of nitrogens with one attached hydrogen (secondary N) is 1. The Labute approximate surface area is 247 Å². The number of carbonyl (C=O) groups is 1. The minimum absolute atomic E-state index is 0.245. The molecule has 0 unspecified atom stereocenters. The lowest BCUT2D eigenvalue weighted by Gasteiger charge is -2.33. The maximum absolute atomic E-state index is 13.0. The summed E-state index contributed by atoms with van der Waals surface area (Å²) in [6, 6.07) is 9.33. The number of fused-ring (bicyclic) bond motifs is 1. The van der Waals surface area contributed by atoms with Gasteiger partial charge in [0.15, 0.2) is 18.0 Å². The van der Waals surface area contributed by atoms with Crippen LogP contribution in [-0.4, -0.2) is 73.7 Å². The van der Waals surface area contributed by atoms with Gasteiger partial charge in [-0.25, -0.2) is 4.79 Å². The molecule has 8 heteroatoms. The van der Waals surface area contributed by atoms with Crippen LogP contribution in [0, 0.1) is 0 Å². The van der Waals surface area contributed by atoms with Crippen molar-refractivity contribution >= 4 is 11.8 Å². The molecule has 1 aromatic carbocycles. The highest BCUT2D eigenvalue weighted by atomic mass is 16.9. The van der Waals surface area contributed by atoms with Crippen LogP contribution in [-0.2, 0) is 23.7 Å². The van der Waals surface area contributed by atoms with Gasteiger partial charge in [-0.05, 0) is 58.3 Å². The van der Waals surface area contributed by atoms with E-state index in [4.69, 9.17) is 23.7 Å². The van der Waals surface area contributed by atoms with Crippen LogP contribution in [0.5, 0.6) is 0 Å². The summed E-state index contributed by atoms with van der Waals surface area (Å²) in [6.45, 7) is 9.60. The van der Waals surface area contributed by atoms with Gasteiger partial charge in [-0.2, -0.15) is 0 Å². The largest absolute Gasteiger partial charge is 0.440 e. The van der Waals surface area contributed by atoms with Gasteiger partial charge < -0.3 is 28.6 Å². The summed E-state index contributed by atoms with van der Waals surface area (Å²) in [6.07, 6.45) is 14.3. The lowest BCUT2D eigenvalue weighted by molar-refractivity contribution is -0.279. The van der Waals surface area contributed by atoms with E-state index in [2.05, 4.69) is 17.1 Å². The molecule has 0 radical (unpaired) electrons. The molecule has 3 aliphatic heterocycles. The molecule has 1 N–H and O–H groups in total. The van der Waals surface area contributed by atoms with Gasteiger partial charge in [0.25, 0.3) is 0 Å². The maximum atomic E-state index is 13.0. The molecule has 0 aromatic heterocycles. The van der Waals surface area contributed by atoms with Crippen LogP contribution in [0.15, 0.2) is 30.3 Å². The Bertz CT molecular complexity index is 893. The van der Waals surface area contributed by atoms with Crippen molar-refractivity contribution in [3.63, 3.8) is 0 Å². The lowest BCUT2D eigenvalue weighted by Crippen LogP contribution is -2.46. The van der Waals surface area contributed by atoms with Gasteiger partial charge in [0.05, 0.1) is 0 Å². The summed E-state index contributed by atoms with van der Waals surface area (Å²) in [5, 5.41) is 2.84. The van der Waals surface area contributed by atoms with E-state index in [-0.39, 0.29) is 12.7 Å². The standard InChI is InChI=1S/C33H54N2O6/c1-4-5-6-7-8-9-10-11-12-19-24-37-26-33-30(40-32(2,3)41-33)29(28(39-33)25-35-22-17-14-18-23-35)38-31(36)34-27-20-15-13-16-21-27/h13,15-16,20-21,28-30H,4-12,14,17-19,22-26H2,1-3H3,(H,34,36)/t28-,29+,30-,33-/m0/s1. The number of nitrogens with zero attached hydrogens (tertiary/aromatic N) is 1. The van der Waals surface area contributed by atoms with Crippen LogP contribution in [0.2, 0.25) is 0 Å². The van der Waals surface area contributed by atoms with Gasteiger partial charge in [0.2, 0.25) is 5.79 Å². The van der Waals surface area contributed by atoms with Gasteiger partial charge in [0, 0.05) is 18.8 Å². The first kappa shape index (κ1) is 32.2. The topological polar surface area (TPSA) is 78.5 Å². The lowest BCUT2D eigenvalue weighted by atomic mass is 10.0. The number of anilines is 1. The van der Waals surface area contributed by atoms with E-state index in [0.29, 0.717) is 18.8 Å². The first-order valence-corrected chi connectivity index (χ1v) is 16.3. The Morgan fingerprint density at radius 1 is 0.927 bits per heavy atom. The third-order valence-electron chi connectivity index (χ3n) is 8.37. The maximum Gasteiger partial charge on any atom is 0.412 e. The van der Waals surface area contributed by atoms with Crippen molar-refractivity contribution in [2.24, 2.45) is 0 Å². The summed E-state index contributed by atoms with van der Waals surface area (Å²) in [4.78, 5) is 15.4. The quantitative estimate of drug-likeness (QED) is 0.196. The monoisotopic (exact) mass is 574 g/mol. The smallest absolute Gasteiger partial charge is 0.412 e. The molecule has 3 heterocycles. The number of benzene rings is 1. The number of hydrogen-bond acceptors (Lipinski definition) is 7. The molecule has 4 atom stereocenters. The fraction of sp³-hybridized carbons (Fsp3) is 0.788. The summed E-state index contributed by atoms with van der Waals surface area (Å²) >= 11 is 0. The van der Waals surface area contributed by atoms with Gasteiger partial charge in [0.1, 0.15) is 12.7 Å². The van der Waals surface area contributed by atoms with Crippen molar-refractivity contribution in [1.29, 1.82) is 0 Å². The van der Waals surface area contributed by atoms with Gasteiger partial charge >= 0.3 is 6.09 Å². The van der Waals surface area contributed by atoms with Crippen molar-refractivity contribution in [3.8, 4) is 0 Å². The highest BCUT2D eigenvalue weighted by Crippen LogP contribution is 2.47. The molecule has 41 heavy (non-hydrogen) atoms. The zero-order valence-electron chi connectivity index (χ0n) is 25.7. The fourth-order valence-electron chi connectivity index (χ4n) is 6.34. The molecule has 4 rings (SSSR count). The van der Waals surface area contributed by atoms with Crippen LogP contribution in [0.3, 0.4) is 0 Å². The van der Waals surface area contributed by atoms with E-state index >= 15 is 0 Å². The Kier molecular flexibility index (Phi) is 12.7. The number of piperidine rings is 1. The molecule has 0 aliphatic carbocycles. The minimum Gasteiger partial charge on any atom is -0.440 e. The molecule has 3 fully saturated rings. The summed E-state index contributed by atoms with van der Waals surface area (Å²) in [7, 11) is 0. The normalized spacial score (nSPS) is 27.5. The van der Waals surface area contributed by atoms with Crippen molar-refractivity contribution in [2.45, 2.75) is 134 Å². The second kappa shape index (κ2) is 16.2. The summed E-state index contributed by atoms with van der Waals surface area (Å²) in [5.41, 5.74) is 0.680. The molecule has 0 saturated carbocycles. The number of rotatable bonds is 17. The predicted molar refractivity (Wildman–Crippen MR) is 161 cm³/mol. The molecule has 3 saturated heterocycles. The number of hydrogen-bond donors (Lipinski definition) is 1. The molecular weight excluding hydrogens is 520 g/mol. The van der Waals surface area contributed by atoms with E-state index < -0.39 is 29.9 Å². The number of likely N-dealkylation sites (tertiary alicyclic amines) is 1. The predicted octanol–water partition coefficient (Wildman–Crippen LogP) is 7.27. The van der Waals surface area contributed by atoms with Crippen molar-refractivity contribution in [2.75, 3.05) is 38.2 Å². The molecule has 0 bridgehead atoms. The zero-order valence-corrected chi connectivity index (χ0v) is 25.7. The Morgan fingerprint density at radius 3 is 2.27 bits per heavy atom. The molecule has 1 amide bonds. The van der Waals surface area contributed by atoms with Crippen LogP contribution >= 0.6 is 0 Å². The summed E-state index contributed by atoms with van der Waals surface area (Å²) < 4.78 is 31.7. The highest BCUT2D eigenvalue weighted by Gasteiger charge is 2.66. The number of unbranched alkanes of at least 4 members (excludes halogenated alkanes) is 9. The summed E-state index contributed by atoms with van der Waals surface area (Å²) in [5.74, 6) is -1.99. The number of para-hydroxylation sites is 1. The van der Waals surface area contributed by atoms with Crippen molar-refractivity contribution < 1.29 is 28.5 Å². The number of amides is 1. The average Bonchev–Trinajstić information content (AvgIpc) is 3.36. The van der Waals surface area contributed by atoms with Gasteiger partial charge in [-0.1, -0.05) is 89.3 Å². The average molecular weight is 575 g/mol. The Hall–Kier alpha value is -1.71. The van der Waals surface area contributed by atoms with Crippen LogP contribution < -0.4 is 5.32 Å². The first-order chi connectivity index (χ1) is 19.9. The minimum atomic E-state index is -1.11. The highest BCUT2D eigenvalue weighted by molar-refractivity contribution is 5.84. The van der Waals surface area contributed by atoms with E-state index in [1.165, 1.54) is 70.6 Å². The van der Waals surface area contributed by atoms with Gasteiger partial charge in [-0.15, -0.1) is 0 Å². The van der Waals surface area contributed by atoms with E-state index in [1.54, 1.807) is 0 Å². The first-order valence-electron chi connectivity index (χ1n) is 16.3. The molecular formula is C33H54N2O6. The Morgan fingerprint density at radius 2 is 1.59 bits per heavy atom. The second-order valence-electron chi connectivity index (χ2n) is 12.5. The van der Waals surface area contributed by atoms with Gasteiger partial charge in [-0.3, -0.25) is 5.32 Å². The number of carbonyl (C=O) groups excluding carboxylic acids is 1. The molecule has 8 nitrogen and oxygen atoms in total. The third kappa shape index (κ3) is 9.92. The van der Waals surface area contributed by atoms with Crippen LogP contribution in [0.25, 0.3) is 0 Å². The molecule has 1 aromatic rings. The number of ether oxygens (including phenoxy) is 5. The van der Waals surface area contributed by atoms with Crippen LogP contribution in [0.4, 0.5) is 10.5 Å². The second-order valence-corrected chi connectivity index (χ2v) is 12.5. The molecule has 0 spiro atoms. The third-order valence-corrected chi connectivity index (χ3v) is 8.37.